The summed E-state index contributed by atoms with van der Waals surface area (Å²) in [6, 6.07) is 13.1. The first-order valence-electron chi connectivity index (χ1n) is 12.8. The number of ether oxygens (including phenoxy) is 1. The molecular formula is C27H31N9O2. The minimum absolute atomic E-state index is 0.184. The fourth-order valence-electron chi connectivity index (χ4n) is 4.25. The Kier molecular flexibility index (Phi) is 7.84. The van der Waals surface area contributed by atoms with Crippen LogP contribution in [0.15, 0.2) is 61.2 Å². The summed E-state index contributed by atoms with van der Waals surface area (Å²) in [5, 5.41) is 14.3. The van der Waals surface area contributed by atoms with Crippen LogP contribution in [0, 0.1) is 0 Å². The van der Waals surface area contributed by atoms with Crippen LogP contribution in [0.25, 0.3) is 11.5 Å². The van der Waals surface area contributed by atoms with E-state index in [-0.39, 0.29) is 11.9 Å². The van der Waals surface area contributed by atoms with E-state index in [2.05, 4.69) is 40.7 Å². The molecule has 1 amide bonds. The van der Waals surface area contributed by atoms with E-state index in [1.807, 2.05) is 42.7 Å². The maximum absolute atomic E-state index is 13.0. The third-order valence-corrected chi connectivity index (χ3v) is 6.23. The number of hydrogen-bond acceptors (Lipinski definition) is 9. The van der Waals surface area contributed by atoms with Gasteiger partial charge in [-0.3, -0.25) is 9.69 Å². The highest BCUT2D eigenvalue weighted by molar-refractivity contribution is 6.04. The van der Waals surface area contributed by atoms with Crippen molar-refractivity contribution in [2.24, 2.45) is 0 Å². The first kappa shape index (κ1) is 25.3. The third-order valence-electron chi connectivity index (χ3n) is 6.23. The van der Waals surface area contributed by atoms with Crippen LogP contribution in [-0.2, 0) is 0 Å². The Labute approximate surface area is 221 Å². The Morgan fingerprint density at radius 2 is 1.84 bits per heavy atom. The predicted molar refractivity (Wildman–Crippen MR) is 145 cm³/mol. The molecule has 11 nitrogen and oxygen atoms in total. The number of nitrogens with zero attached hydrogens (tertiary/aromatic N) is 7. The maximum atomic E-state index is 13.0. The molecule has 4 aromatic rings. The SMILES string of the molecule is CC(C)n1cnnc1-c1cccc(NC(=O)c2cccc(Nc3cnc(OCCN4CCCC4)nc3)c2)n1. The van der Waals surface area contributed by atoms with Gasteiger partial charge >= 0.3 is 6.01 Å². The van der Waals surface area contributed by atoms with Gasteiger partial charge in [0, 0.05) is 23.8 Å². The fraction of sp³-hybridized carbons (Fsp3) is 0.333. The monoisotopic (exact) mass is 513 g/mol. The molecule has 0 radical (unpaired) electrons. The zero-order valence-electron chi connectivity index (χ0n) is 21.5. The Morgan fingerprint density at radius 3 is 2.63 bits per heavy atom. The van der Waals surface area contributed by atoms with Gasteiger partial charge in [0.1, 0.15) is 24.4 Å². The number of nitrogens with one attached hydrogen (secondary N) is 2. The van der Waals surface area contributed by atoms with Gasteiger partial charge in [0.05, 0.1) is 18.1 Å². The quantitative estimate of drug-likeness (QED) is 0.321. The van der Waals surface area contributed by atoms with E-state index < -0.39 is 0 Å². The van der Waals surface area contributed by atoms with Crippen molar-refractivity contribution in [1.82, 2.24) is 34.6 Å². The normalized spacial score (nSPS) is 13.6. The molecule has 0 bridgehead atoms. The Morgan fingerprint density at radius 1 is 1.05 bits per heavy atom. The number of benzene rings is 1. The summed E-state index contributed by atoms with van der Waals surface area (Å²) in [6.07, 6.45) is 7.51. The van der Waals surface area contributed by atoms with Gasteiger partial charge in [-0.1, -0.05) is 12.1 Å². The molecule has 196 valence electrons. The number of pyridine rings is 1. The highest BCUT2D eigenvalue weighted by Crippen LogP contribution is 2.21. The predicted octanol–water partition coefficient (Wildman–Crippen LogP) is 4.18. The summed E-state index contributed by atoms with van der Waals surface area (Å²) in [5.41, 5.74) is 2.54. The number of likely N-dealkylation sites (tertiary alicyclic amines) is 1. The van der Waals surface area contributed by atoms with Crippen molar-refractivity contribution in [3.05, 3.63) is 66.7 Å². The Balaban J connectivity index is 1.19. The number of aromatic nitrogens is 6. The highest BCUT2D eigenvalue weighted by Gasteiger charge is 2.14. The molecule has 0 saturated carbocycles. The molecule has 38 heavy (non-hydrogen) atoms. The number of hydrogen-bond donors (Lipinski definition) is 2. The molecule has 3 aromatic heterocycles. The Hall–Kier alpha value is -4.38. The second-order valence-corrected chi connectivity index (χ2v) is 9.38. The maximum Gasteiger partial charge on any atom is 0.316 e. The largest absolute Gasteiger partial charge is 0.462 e. The number of rotatable bonds is 10. The van der Waals surface area contributed by atoms with Crippen LogP contribution in [0.3, 0.4) is 0 Å². The zero-order chi connectivity index (χ0) is 26.3. The number of carbonyl (C=O) groups excluding carboxylic acids is 1. The molecule has 0 aliphatic carbocycles. The molecule has 4 heterocycles. The van der Waals surface area contributed by atoms with E-state index in [9.17, 15) is 4.79 Å². The molecule has 0 unspecified atom stereocenters. The summed E-state index contributed by atoms with van der Waals surface area (Å²) in [7, 11) is 0. The second-order valence-electron chi connectivity index (χ2n) is 9.38. The van der Waals surface area contributed by atoms with E-state index in [1.54, 1.807) is 36.9 Å². The lowest BCUT2D eigenvalue weighted by atomic mass is 10.2. The first-order valence-corrected chi connectivity index (χ1v) is 12.8. The molecule has 0 atom stereocenters. The number of carbonyl (C=O) groups is 1. The minimum atomic E-state index is -0.276. The fourth-order valence-corrected chi connectivity index (χ4v) is 4.25. The average Bonchev–Trinajstić information content (AvgIpc) is 3.63. The van der Waals surface area contributed by atoms with Crippen LogP contribution < -0.4 is 15.4 Å². The van der Waals surface area contributed by atoms with Gasteiger partial charge in [-0.15, -0.1) is 10.2 Å². The molecule has 5 rings (SSSR count). The highest BCUT2D eigenvalue weighted by atomic mass is 16.5. The first-order chi connectivity index (χ1) is 18.5. The van der Waals surface area contributed by atoms with Crippen molar-refractivity contribution in [3.63, 3.8) is 0 Å². The molecule has 1 fully saturated rings. The van der Waals surface area contributed by atoms with Crippen molar-refractivity contribution < 1.29 is 9.53 Å². The van der Waals surface area contributed by atoms with Gasteiger partial charge in [0.2, 0.25) is 0 Å². The van der Waals surface area contributed by atoms with Crippen molar-refractivity contribution in [2.75, 3.05) is 36.9 Å². The standard InChI is InChI=1S/C27H31N9O2/c1-19(2)36-18-30-34-25(36)23-9-6-10-24(32-23)33-26(37)20-7-5-8-21(15-20)31-22-16-28-27(29-17-22)38-14-13-35-11-3-4-12-35/h5-10,15-19,31H,3-4,11-14H2,1-2H3,(H,32,33,37). The lowest BCUT2D eigenvalue weighted by Gasteiger charge is -2.14. The van der Waals surface area contributed by atoms with Crippen LogP contribution in [0.4, 0.5) is 17.2 Å². The van der Waals surface area contributed by atoms with E-state index in [1.165, 1.54) is 12.8 Å². The molecule has 2 N–H and O–H groups in total. The van der Waals surface area contributed by atoms with Crippen molar-refractivity contribution in [3.8, 4) is 17.5 Å². The third kappa shape index (κ3) is 6.30. The molecule has 11 heteroatoms. The second kappa shape index (κ2) is 11.8. The van der Waals surface area contributed by atoms with Gasteiger partial charge in [-0.25, -0.2) is 15.0 Å². The summed E-state index contributed by atoms with van der Waals surface area (Å²) >= 11 is 0. The van der Waals surface area contributed by atoms with Crippen molar-refractivity contribution >= 4 is 23.1 Å². The van der Waals surface area contributed by atoms with Crippen LogP contribution >= 0.6 is 0 Å². The Bertz CT molecular complexity index is 1360. The van der Waals surface area contributed by atoms with Crippen LogP contribution in [-0.4, -0.2) is 66.8 Å². The lowest BCUT2D eigenvalue weighted by molar-refractivity contribution is 0.102. The van der Waals surface area contributed by atoms with E-state index in [0.717, 1.165) is 25.3 Å². The van der Waals surface area contributed by atoms with Crippen molar-refractivity contribution in [1.29, 1.82) is 0 Å². The van der Waals surface area contributed by atoms with Gasteiger partial charge in [-0.2, -0.15) is 0 Å². The van der Waals surface area contributed by atoms with Gasteiger partial charge < -0.3 is 19.9 Å². The van der Waals surface area contributed by atoms with Gasteiger partial charge in [-0.05, 0) is 70.1 Å². The molecule has 1 aliphatic rings. The van der Waals surface area contributed by atoms with Crippen molar-refractivity contribution in [2.45, 2.75) is 32.7 Å². The lowest BCUT2D eigenvalue weighted by Crippen LogP contribution is -2.25. The zero-order valence-corrected chi connectivity index (χ0v) is 21.5. The number of anilines is 3. The van der Waals surface area contributed by atoms with Gasteiger partial charge in [0.15, 0.2) is 5.82 Å². The number of amides is 1. The summed E-state index contributed by atoms with van der Waals surface area (Å²) < 4.78 is 7.60. The van der Waals surface area contributed by atoms with E-state index >= 15 is 0 Å². The molecule has 1 aliphatic heterocycles. The van der Waals surface area contributed by atoms with Crippen LogP contribution in [0.5, 0.6) is 6.01 Å². The molecular weight excluding hydrogens is 482 g/mol. The topological polar surface area (TPSA) is 123 Å². The smallest absolute Gasteiger partial charge is 0.316 e. The minimum Gasteiger partial charge on any atom is -0.462 e. The van der Waals surface area contributed by atoms with E-state index in [0.29, 0.717) is 41.2 Å². The molecule has 1 saturated heterocycles. The molecule has 1 aromatic carbocycles. The summed E-state index contributed by atoms with van der Waals surface area (Å²) in [6.45, 7) is 7.82. The van der Waals surface area contributed by atoms with Crippen LogP contribution in [0.2, 0.25) is 0 Å². The van der Waals surface area contributed by atoms with Crippen LogP contribution in [0.1, 0.15) is 43.1 Å². The van der Waals surface area contributed by atoms with E-state index in [4.69, 9.17) is 4.74 Å². The summed E-state index contributed by atoms with van der Waals surface area (Å²) in [5.74, 6) is 0.798. The molecule has 0 spiro atoms. The average molecular weight is 514 g/mol. The van der Waals surface area contributed by atoms with Gasteiger partial charge in [0.25, 0.3) is 5.91 Å². The summed E-state index contributed by atoms with van der Waals surface area (Å²) in [4.78, 5) is 28.5.